The van der Waals surface area contributed by atoms with E-state index in [-0.39, 0.29) is 29.2 Å². The van der Waals surface area contributed by atoms with Gasteiger partial charge in [-0.2, -0.15) is 0 Å². The third-order valence-electron chi connectivity index (χ3n) is 3.65. The van der Waals surface area contributed by atoms with E-state index in [0.29, 0.717) is 0 Å². The van der Waals surface area contributed by atoms with Gasteiger partial charge in [0.05, 0.1) is 10.6 Å². The molecule has 2 N–H and O–H groups in total. The normalized spacial score (nSPS) is 23.1. The molecule has 19 heavy (non-hydrogen) atoms. The van der Waals surface area contributed by atoms with Crippen LogP contribution in [0.25, 0.3) is 0 Å². The quantitative estimate of drug-likeness (QED) is 0.897. The number of carbonyl (C=O) groups excluding carboxylic acids is 1. The molecule has 1 fully saturated rings. The minimum atomic E-state index is -0.624. The molecule has 0 aromatic heterocycles. The number of amides is 1. The van der Waals surface area contributed by atoms with Crippen molar-refractivity contribution in [1.82, 2.24) is 5.32 Å². The number of aliphatic hydroxyl groups is 1. The largest absolute Gasteiger partial charge is 0.396 e. The topological polar surface area (TPSA) is 49.3 Å². The van der Waals surface area contributed by atoms with Gasteiger partial charge in [-0.05, 0) is 25.0 Å². The van der Waals surface area contributed by atoms with Crippen molar-refractivity contribution in [3.63, 3.8) is 0 Å². The van der Waals surface area contributed by atoms with Gasteiger partial charge in [0.15, 0.2) is 0 Å². The Morgan fingerprint density at radius 3 is 2.84 bits per heavy atom. The lowest BCUT2D eigenvalue weighted by atomic mass is 9.85. The summed E-state index contributed by atoms with van der Waals surface area (Å²) in [6.07, 6.45) is 3.75. The smallest absolute Gasteiger partial charge is 0.256 e. The van der Waals surface area contributed by atoms with Crippen LogP contribution in [0.1, 0.15) is 36.0 Å². The number of hydrogen-bond donors (Lipinski definition) is 2. The Morgan fingerprint density at radius 2 is 2.16 bits per heavy atom. The Hall–Kier alpha value is -1.13. The average Bonchev–Trinajstić information content (AvgIpc) is 2.39. The van der Waals surface area contributed by atoms with Crippen LogP contribution in [0.15, 0.2) is 18.2 Å². The highest BCUT2D eigenvalue weighted by molar-refractivity contribution is 6.33. The predicted molar refractivity (Wildman–Crippen MR) is 71.7 cm³/mol. The molecule has 2 unspecified atom stereocenters. The molecule has 0 spiro atoms. The first-order valence-corrected chi connectivity index (χ1v) is 6.87. The van der Waals surface area contributed by atoms with Crippen molar-refractivity contribution in [1.29, 1.82) is 0 Å². The molecule has 2 atom stereocenters. The van der Waals surface area contributed by atoms with E-state index in [4.69, 9.17) is 11.6 Å². The van der Waals surface area contributed by atoms with Gasteiger partial charge in [0, 0.05) is 18.6 Å². The van der Waals surface area contributed by atoms with Crippen molar-refractivity contribution in [2.45, 2.75) is 31.7 Å². The summed E-state index contributed by atoms with van der Waals surface area (Å²) < 4.78 is 13.6. The van der Waals surface area contributed by atoms with E-state index >= 15 is 0 Å². The van der Waals surface area contributed by atoms with Crippen molar-refractivity contribution in [3.05, 3.63) is 34.6 Å². The molecule has 2 rings (SSSR count). The van der Waals surface area contributed by atoms with Crippen LogP contribution in [-0.2, 0) is 0 Å². The monoisotopic (exact) mass is 285 g/mol. The molecule has 1 aromatic carbocycles. The second-order valence-electron chi connectivity index (χ2n) is 4.90. The minimum Gasteiger partial charge on any atom is -0.396 e. The number of nitrogens with one attached hydrogen (secondary N) is 1. The van der Waals surface area contributed by atoms with E-state index in [0.717, 1.165) is 25.7 Å². The zero-order chi connectivity index (χ0) is 13.8. The van der Waals surface area contributed by atoms with Gasteiger partial charge >= 0.3 is 0 Å². The maximum absolute atomic E-state index is 13.6. The van der Waals surface area contributed by atoms with Gasteiger partial charge in [-0.1, -0.05) is 30.5 Å². The summed E-state index contributed by atoms with van der Waals surface area (Å²) in [5, 5.41) is 12.2. The first-order valence-electron chi connectivity index (χ1n) is 6.49. The van der Waals surface area contributed by atoms with Crippen LogP contribution >= 0.6 is 11.6 Å². The van der Waals surface area contributed by atoms with Gasteiger partial charge in [0.25, 0.3) is 5.91 Å². The maximum atomic E-state index is 13.6. The number of hydrogen-bond acceptors (Lipinski definition) is 2. The Labute approximate surface area is 116 Å². The van der Waals surface area contributed by atoms with E-state index in [1.54, 1.807) is 0 Å². The molecule has 0 bridgehead atoms. The Kier molecular flexibility index (Phi) is 4.77. The number of aliphatic hydroxyl groups excluding tert-OH is 1. The van der Waals surface area contributed by atoms with Gasteiger partial charge in [-0.15, -0.1) is 0 Å². The predicted octanol–water partition coefficient (Wildman–Crippen LogP) is 2.76. The summed E-state index contributed by atoms with van der Waals surface area (Å²) in [7, 11) is 0. The van der Waals surface area contributed by atoms with Crippen molar-refractivity contribution in [2.75, 3.05) is 6.61 Å². The zero-order valence-corrected chi connectivity index (χ0v) is 11.3. The molecule has 1 aliphatic rings. The molecule has 104 valence electrons. The molecule has 1 aliphatic carbocycles. The molecule has 0 radical (unpaired) electrons. The number of benzene rings is 1. The second kappa shape index (κ2) is 6.35. The van der Waals surface area contributed by atoms with Gasteiger partial charge in [-0.25, -0.2) is 4.39 Å². The first-order chi connectivity index (χ1) is 9.13. The number of halogens is 2. The van der Waals surface area contributed by atoms with Crippen molar-refractivity contribution in [2.24, 2.45) is 5.92 Å². The van der Waals surface area contributed by atoms with Gasteiger partial charge in [-0.3, -0.25) is 4.79 Å². The number of carbonyl (C=O) groups is 1. The van der Waals surface area contributed by atoms with Crippen LogP contribution < -0.4 is 5.32 Å². The summed E-state index contributed by atoms with van der Waals surface area (Å²) in [5.41, 5.74) is -0.119. The van der Waals surface area contributed by atoms with Gasteiger partial charge in [0.1, 0.15) is 5.82 Å². The van der Waals surface area contributed by atoms with E-state index < -0.39 is 11.7 Å². The maximum Gasteiger partial charge on any atom is 0.256 e. The lowest BCUT2D eigenvalue weighted by Crippen LogP contribution is -2.43. The van der Waals surface area contributed by atoms with Crippen LogP contribution in [0.4, 0.5) is 4.39 Å². The average molecular weight is 286 g/mol. The highest BCUT2D eigenvalue weighted by atomic mass is 35.5. The molecule has 1 aromatic rings. The standard InChI is InChI=1S/C14H17ClFNO2/c15-10-5-3-6-11(16)13(10)14(19)17-12-7-2-1-4-9(12)8-18/h3,5-6,9,12,18H,1-2,4,7-8H2,(H,17,19). The Balaban J connectivity index is 2.12. The number of rotatable bonds is 3. The van der Waals surface area contributed by atoms with Crippen LogP contribution in [0.2, 0.25) is 5.02 Å². The molecule has 5 heteroatoms. The molecule has 0 heterocycles. The zero-order valence-electron chi connectivity index (χ0n) is 10.5. The van der Waals surface area contributed by atoms with Crippen LogP contribution in [0.3, 0.4) is 0 Å². The fourth-order valence-corrected chi connectivity index (χ4v) is 2.82. The van der Waals surface area contributed by atoms with E-state index in [2.05, 4.69) is 5.32 Å². The van der Waals surface area contributed by atoms with E-state index in [1.807, 2.05) is 0 Å². The summed E-state index contributed by atoms with van der Waals surface area (Å²) >= 11 is 5.86. The lowest BCUT2D eigenvalue weighted by molar-refractivity contribution is 0.0869. The van der Waals surface area contributed by atoms with Gasteiger partial charge < -0.3 is 10.4 Å². The van der Waals surface area contributed by atoms with Crippen LogP contribution in [0, 0.1) is 11.7 Å². The molecule has 0 saturated heterocycles. The van der Waals surface area contributed by atoms with Crippen molar-refractivity contribution in [3.8, 4) is 0 Å². The Morgan fingerprint density at radius 1 is 1.42 bits per heavy atom. The fraction of sp³-hybridized carbons (Fsp3) is 0.500. The van der Waals surface area contributed by atoms with E-state index in [1.165, 1.54) is 18.2 Å². The molecule has 3 nitrogen and oxygen atoms in total. The molecule has 0 aliphatic heterocycles. The van der Waals surface area contributed by atoms with Crippen LogP contribution in [0.5, 0.6) is 0 Å². The van der Waals surface area contributed by atoms with E-state index in [9.17, 15) is 14.3 Å². The molecular formula is C14H17ClFNO2. The fourth-order valence-electron chi connectivity index (χ4n) is 2.57. The highest BCUT2D eigenvalue weighted by Crippen LogP contribution is 2.25. The lowest BCUT2D eigenvalue weighted by Gasteiger charge is -2.31. The summed E-state index contributed by atoms with van der Waals surface area (Å²) in [5.74, 6) is -1.09. The van der Waals surface area contributed by atoms with Crippen molar-refractivity contribution < 1.29 is 14.3 Å². The first kappa shape index (κ1) is 14.3. The molecule has 1 amide bonds. The van der Waals surface area contributed by atoms with Gasteiger partial charge in [0.2, 0.25) is 0 Å². The minimum absolute atomic E-state index is 0.0376. The second-order valence-corrected chi connectivity index (χ2v) is 5.31. The van der Waals surface area contributed by atoms with Crippen molar-refractivity contribution >= 4 is 17.5 Å². The van der Waals surface area contributed by atoms with Crippen LogP contribution in [-0.4, -0.2) is 23.7 Å². The Bertz CT molecular complexity index is 447. The highest BCUT2D eigenvalue weighted by Gasteiger charge is 2.27. The third kappa shape index (κ3) is 3.25. The molecular weight excluding hydrogens is 269 g/mol. The molecule has 1 saturated carbocycles. The third-order valence-corrected chi connectivity index (χ3v) is 3.96. The SMILES string of the molecule is O=C(NC1CCCCC1CO)c1c(F)cccc1Cl. The summed E-state index contributed by atoms with van der Waals surface area (Å²) in [4.78, 5) is 12.1. The summed E-state index contributed by atoms with van der Waals surface area (Å²) in [6, 6.07) is 4.06. The summed E-state index contributed by atoms with van der Waals surface area (Å²) in [6.45, 7) is 0.0376.